The van der Waals surface area contributed by atoms with Gasteiger partial charge in [0, 0.05) is 50.6 Å². The van der Waals surface area contributed by atoms with E-state index in [4.69, 9.17) is 27.6 Å². The quantitative estimate of drug-likeness (QED) is 0.267. The van der Waals surface area contributed by atoms with Gasteiger partial charge in [-0.3, -0.25) is 9.78 Å². The molecule has 0 saturated carbocycles. The van der Waals surface area contributed by atoms with Crippen LogP contribution in [0.5, 0.6) is 0 Å². The molecule has 0 aliphatic rings. The van der Waals surface area contributed by atoms with E-state index in [0.717, 1.165) is 22.6 Å². The molecule has 0 spiro atoms. The summed E-state index contributed by atoms with van der Waals surface area (Å²) in [5, 5.41) is 9.45. The molecule has 0 N–H and O–H groups in total. The molecule has 0 radical (unpaired) electrons. The summed E-state index contributed by atoms with van der Waals surface area (Å²) in [6, 6.07) is 10.7. The molecule has 0 fully saturated rings. The van der Waals surface area contributed by atoms with Crippen LogP contribution in [0.15, 0.2) is 58.4 Å². The zero-order valence-electron chi connectivity index (χ0n) is 16.1. The first-order valence-corrected chi connectivity index (χ1v) is 10.7. The maximum absolute atomic E-state index is 12.9. The Balaban J connectivity index is 1.51. The molecule has 4 aromatic rings. The van der Waals surface area contributed by atoms with E-state index in [-0.39, 0.29) is 11.5 Å². The standard InChI is InChI=1S/C21H16Cl2N4O2S/c1-12-7-18(13(2)27(12)17-9-15(22)8-16(23)10-17)19(28)11-30-21-26-25-20(29-21)14-3-5-24-6-4-14/h3-10H,11H2,1-2H3. The molecule has 0 unspecified atom stereocenters. The molecule has 4 rings (SSSR count). The molecule has 9 heteroatoms. The molecule has 0 atom stereocenters. The van der Waals surface area contributed by atoms with Crippen molar-refractivity contribution in [2.24, 2.45) is 0 Å². The van der Waals surface area contributed by atoms with Gasteiger partial charge < -0.3 is 8.98 Å². The first-order valence-electron chi connectivity index (χ1n) is 8.97. The van der Waals surface area contributed by atoms with Gasteiger partial charge in [-0.05, 0) is 50.2 Å². The van der Waals surface area contributed by atoms with Crippen molar-refractivity contribution in [3.8, 4) is 17.1 Å². The van der Waals surface area contributed by atoms with Gasteiger partial charge in [0.15, 0.2) is 5.78 Å². The van der Waals surface area contributed by atoms with E-state index in [1.54, 1.807) is 30.6 Å². The number of thioether (sulfide) groups is 1. The van der Waals surface area contributed by atoms with Crippen molar-refractivity contribution >= 4 is 40.7 Å². The summed E-state index contributed by atoms with van der Waals surface area (Å²) in [4.78, 5) is 16.8. The Hall–Kier alpha value is -2.61. The van der Waals surface area contributed by atoms with Crippen LogP contribution in [0.4, 0.5) is 0 Å². The second kappa shape index (κ2) is 8.63. The summed E-state index contributed by atoms with van der Waals surface area (Å²) in [5.41, 5.74) is 3.95. The van der Waals surface area contributed by atoms with Gasteiger partial charge in [-0.15, -0.1) is 10.2 Å². The first-order chi connectivity index (χ1) is 14.4. The summed E-state index contributed by atoms with van der Waals surface area (Å²) in [6.07, 6.45) is 3.30. The number of nitrogens with zero attached hydrogens (tertiary/aromatic N) is 4. The van der Waals surface area contributed by atoms with E-state index in [0.29, 0.717) is 26.7 Å². The third-order valence-electron chi connectivity index (χ3n) is 4.50. The van der Waals surface area contributed by atoms with Gasteiger partial charge in [0.1, 0.15) is 0 Å². The van der Waals surface area contributed by atoms with E-state index in [1.165, 1.54) is 11.8 Å². The number of aromatic nitrogens is 4. The molecule has 1 aromatic carbocycles. The molecule has 0 bridgehead atoms. The van der Waals surface area contributed by atoms with Crippen molar-refractivity contribution in [1.29, 1.82) is 0 Å². The summed E-state index contributed by atoms with van der Waals surface area (Å²) in [6.45, 7) is 3.83. The van der Waals surface area contributed by atoms with Crippen molar-refractivity contribution in [3.05, 3.63) is 75.8 Å². The number of hydrogen-bond acceptors (Lipinski definition) is 6. The number of benzene rings is 1. The highest BCUT2D eigenvalue weighted by atomic mass is 35.5. The van der Waals surface area contributed by atoms with Crippen LogP contribution in [0, 0.1) is 13.8 Å². The van der Waals surface area contributed by atoms with E-state index >= 15 is 0 Å². The average Bonchev–Trinajstić information content (AvgIpc) is 3.30. The number of carbonyl (C=O) groups excluding carboxylic acids is 1. The maximum atomic E-state index is 12.9. The van der Waals surface area contributed by atoms with E-state index < -0.39 is 0 Å². The monoisotopic (exact) mass is 458 g/mol. The zero-order chi connectivity index (χ0) is 21.3. The molecule has 30 heavy (non-hydrogen) atoms. The van der Waals surface area contributed by atoms with E-state index in [2.05, 4.69) is 15.2 Å². The SMILES string of the molecule is Cc1cc(C(=O)CSc2nnc(-c3ccncc3)o2)c(C)n1-c1cc(Cl)cc(Cl)c1. The predicted octanol–water partition coefficient (Wildman–Crippen LogP) is 5.82. The number of aryl methyl sites for hydroxylation is 1. The lowest BCUT2D eigenvalue weighted by Crippen LogP contribution is -2.05. The van der Waals surface area contributed by atoms with Gasteiger partial charge in [-0.25, -0.2) is 0 Å². The van der Waals surface area contributed by atoms with Crippen LogP contribution < -0.4 is 0 Å². The molecule has 0 aliphatic carbocycles. The summed E-state index contributed by atoms with van der Waals surface area (Å²) in [7, 11) is 0. The number of hydrogen-bond donors (Lipinski definition) is 0. The highest BCUT2D eigenvalue weighted by molar-refractivity contribution is 7.99. The van der Waals surface area contributed by atoms with Crippen LogP contribution in [0.25, 0.3) is 17.1 Å². The molecular formula is C21H16Cl2N4O2S. The van der Waals surface area contributed by atoms with Crippen molar-refractivity contribution < 1.29 is 9.21 Å². The third kappa shape index (κ3) is 4.28. The number of carbonyl (C=O) groups is 1. The Morgan fingerprint density at radius 3 is 2.47 bits per heavy atom. The van der Waals surface area contributed by atoms with Crippen LogP contribution >= 0.6 is 35.0 Å². The lowest BCUT2D eigenvalue weighted by molar-refractivity contribution is 0.102. The molecule has 152 valence electrons. The molecule has 0 saturated heterocycles. The Bertz CT molecular complexity index is 1200. The van der Waals surface area contributed by atoms with Crippen LogP contribution in [0.1, 0.15) is 21.7 Å². The fraction of sp³-hybridized carbons (Fsp3) is 0.143. The normalized spacial score (nSPS) is 11.1. The number of pyridine rings is 1. The van der Waals surface area contributed by atoms with E-state index in [1.807, 2.05) is 36.6 Å². The Morgan fingerprint density at radius 2 is 1.77 bits per heavy atom. The molecule has 3 aromatic heterocycles. The van der Waals surface area contributed by atoms with Gasteiger partial charge in [0.2, 0.25) is 5.89 Å². The lowest BCUT2D eigenvalue weighted by atomic mass is 10.2. The fourth-order valence-corrected chi connectivity index (χ4v) is 4.36. The topological polar surface area (TPSA) is 73.8 Å². The van der Waals surface area contributed by atoms with Crippen molar-refractivity contribution in [3.63, 3.8) is 0 Å². The minimum Gasteiger partial charge on any atom is -0.411 e. The molecule has 0 amide bonds. The summed E-state index contributed by atoms with van der Waals surface area (Å²) in [5.74, 6) is 0.540. The van der Waals surface area contributed by atoms with Gasteiger partial charge >= 0.3 is 0 Å². The van der Waals surface area contributed by atoms with Crippen LogP contribution in [0.3, 0.4) is 0 Å². The summed E-state index contributed by atoms with van der Waals surface area (Å²) >= 11 is 13.5. The molecule has 0 aliphatic heterocycles. The zero-order valence-corrected chi connectivity index (χ0v) is 18.4. The highest BCUT2D eigenvalue weighted by Crippen LogP contribution is 2.28. The predicted molar refractivity (Wildman–Crippen MR) is 118 cm³/mol. The van der Waals surface area contributed by atoms with Gasteiger partial charge in [0.25, 0.3) is 5.22 Å². The van der Waals surface area contributed by atoms with Crippen LogP contribution in [0.2, 0.25) is 10.0 Å². The number of rotatable bonds is 6. The largest absolute Gasteiger partial charge is 0.411 e. The Kier molecular flexibility index (Phi) is 5.94. The molecular weight excluding hydrogens is 443 g/mol. The minimum absolute atomic E-state index is 0.0314. The van der Waals surface area contributed by atoms with Gasteiger partial charge in [0.05, 0.1) is 5.75 Å². The Morgan fingerprint density at radius 1 is 1.07 bits per heavy atom. The van der Waals surface area contributed by atoms with Gasteiger partial charge in [-0.2, -0.15) is 0 Å². The highest BCUT2D eigenvalue weighted by Gasteiger charge is 2.19. The molecule has 6 nitrogen and oxygen atoms in total. The lowest BCUT2D eigenvalue weighted by Gasteiger charge is -2.11. The second-order valence-corrected chi connectivity index (χ2v) is 8.37. The smallest absolute Gasteiger partial charge is 0.277 e. The summed E-state index contributed by atoms with van der Waals surface area (Å²) < 4.78 is 7.60. The minimum atomic E-state index is -0.0314. The van der Waals surface area contributed by atoms with Gasteiger partial charge in [-0.1, -0.05) is 35.0 Å². The second-order valence-electron chi connectivity index (χ2n) is 6.57. The number of Topliss-reactive ketones (excluding diaryl/α,β-unsaturated/α-hetero) is 1. The number of halogens is 2. The van der Waals surface area contributed by atoms with Crippen LogP contribution in [-0.4, -0.2) is 31.3 Å². The molecule has 3 heterocycles. The fourth-order valence-electron chi connectivity index (χ4n) is 3.20. The first kappa shape index (κ1) is 20.7. The third-order valence-corrected chi connectivity index (χ3v) is 5.75. The van der Waals surface area contributed by atoms with Crippen molar-refractivity contribution in [2.75, 3.05) is 5.75 Å². The van der Waals surface area contributed by atoms with Crippen molar-refractivity contribution in [1.82, 2.24) is 19.7 Å². The van der Waals surface area contributed by atoms with Crippen molar-refractivity contribution in [2.45, 2.75) is 19.1 Å². The maximum Gasteiger partial charge on any atom is 0.277 e. The Labute approximate surface area is 187 Å². The van der Waals surface area contributed by atoms with Crippen LogP contribution in [-0.2, 0) is 0 Å². The van der Waals surface area contributed by atoms with E-state index in [9.17, 15) is 4.79 Å². The average molecular weight is 459 g/mol. The number of ketones is 1.